The van der Waals surface area contributed by atoms with Gasteiger partial charge in [-0.25, -0.2) is 8.42 Å². The average Bonchev–Trinajstić information content (AvgIpc) is 2.26. The second-order valence-corrected chi connectivity index (χ2v) is 4.70. The Morgan fingerprint density at radius 1 is 1.35 bits per heavy atom. The summed E-state index contributed by atoms with van der Waals surface area (Å²) in [6.07, 6.45) is 0. The van der Waals surface area contributed by atoms with E-state index < -0.39 is 10.7 Å². The fourth-order valence-corrected chi connectivity index (χ4v) is 1.62. The molecule has 0 atom stereocenters. The van der Waals surface area contributed by atoms with E-state index in [2.05, 4.69) is 10.2 Å². The summed E-state index contributed by atoms with van der Waals surface area (Å²) in [5.41, 5.74) is 0.702. The lowest BCUT2D eigenvalue weighted by Gasteiger charge is -1.98. The number of nitrogens with zero attached hydrogens (tertiary/aromatic N) is 2. The molecule has 1 aromatic carbocycles. The lowest BCUT2D eigenvalue weighted by atomic mass is 10.3. The molecule has 1 rings (SSSR count). The minimum atomic E-state index is -2.66. The van der Waals surface area contributed by atoms with Crippen molar-refractivity contribution in [1.29, 1.82) is 0 Å². The van der Waals surface area contributed by atoms with Crippen molar-refractivity contribution >= 4 is 28.0 Å². The summed E-state index contributed by atoms with van der Waals surface area (Å²) in [5, 5.41) is 16.8. The molecule has 7 heteroatoms. The first kappa shape index (κ1) is 13.7. The summed E-state index contributed by atoms with van der Waals surface area (Å²) >= 11 is 5.84. The number of azo groups is 1. The van der Waals surface area contributed by atoms with E-state index in [-0.39, 0.29) is 15.7 Å². The van der Waals surface area contributed by atoms with Crippen LogP contribution in [0.15, 0.2) is 44.8 Å². The van der Waals surface area contributed by atoms with Gasteiger partial charge in [0.15, 0.2) is 10.7 Å². The van der Waals surface area contributed by atoms with Crippen molar-refractivity contribution in [3.05, 3.63) is 34.7 Å². The normalized spacial score (nSPS) is 13.2. The second kappa shape index (κ2) is 5.79. The fourth-order valence-electron chi connectivity index (χ4n) is 0.892. The van der Waals surface area contributed by atoms with Gasteiger partial charge >= 0.3 is 0 Å². The van der Waals surface area contributed by atoms with E-state index in [0.717, 1.165) is 0 Å². The summed E-state index contributed by atoms with van der Waals surface area (Å²) in [4.78, 5) is 0.120. The van der Waals surface area contributed by atoms with Gasteiger partial charge < -0.3 is 5.11 Å². The Balaban J connectivity index is 3.06. The molecule has 0 saturated heterocycles. The van der Waals surface area contributed by atoms with E-state index in [1.54, 1.807) is 6.92 Å². The van der Waals surface area contributed by atoms with Crippen LogP contribution >= 0.6 is 11.6 Å². The molecule has 0 aliphatic carbocycles. The maximum Gasteiger partial charge on any atom is 0.168 e. The van der Waals surface area contributed by atoms with Crippen LogP contribution < -0.4 is 0 Å². The Morgan fingerprint density at radius 3 is 2.47 bits per heavy atom. The van der Waals surface area contributed by atoms with Crippen LogP contribution in [0.25, 0.3) is 0 Å². The van der Waals surface area contributed by atoms with Gasteiger partial charge in [0.25, 0.3) is 0 Å². The Kier molecular flexibility index (Phi) is 4.65. The van der Waals surface area contributed by atoms with Crippen molar-refractivity contribution in [3.63, 3.8) is 0 Å². The maximum absolute atomic E-state index is 10.7. The maximum atomic E-state index is 10.7. The SMILES string of the molecule is C/C(O)=C(C)/N=N/c1ccc([SH](=O)=O)cc1Cl. The minimum absolute atomic E-state index is 0.0594. The zero-order valence-electron chi connectivity index (χ0n) is 9.22. The van der Waals surface area contributed by atoms with E-state index in [4.69, 9.17) is 16.7 Å². The summed E-state index contributed by atoms with van der Waals surface area (Å²) in [7, 11) is -2.66. The molecule has 0 spiro atoms. The van der Waals surface area contributed by atoms with Gasteiger partial charge in [-0.3, -0.25) is 0 Å². The van der Waals surface area contributed by atoms with Gasteiger partial charge in [-0.05, 0) is 32.0 Å². The van der Waals surface area contributed by atoms with E-state index in [1.807, 2.05) is 0 Å². The van der Waals surface area contributed by atoms with Gasteiger partial charge in [0.05, 0.1) is 15.6 Å². The molecule has 0 aromatic heterocycles. The number of benzene rings is 1. The Hall–Kier alpha value is -1.40. The molecule has 0 aliphatic heterocycles. The van der Waals surface area contributed by atoms with E-state index in [1.165, 1.54) is 25.1 Å². The highest BCUT2D eigenvalue weighted by atomic mass is 35.5. The quantitative estimate of drug-likeness (QED) is 0.505. The van der Waals surface area contributed by atoms with E-state index in [0.29, 0.717) is 11.4 Å². The predicted octanol–water partition coefficient (Wildman–Crippen LogP) is 3.20. The van der Waals surface area contributed by atoms with Crippen LogP contribution in [0.2, 0.25) is 5.02 Å². The Morgan fingerprint density at radius 2 is 2.00 bits per heavy atom. The number of hydrogen-bond acceptors (Lipinski definition) is 5. The van der Waals surface area contributed by atoms with E-state index in [9.17, 15) is 8.42 Å². The molecule has 0 unspecified atom stereocenters. The van der Waals surface area contributed by atoms with Crippen molar-refractivity contribution in [2.24, 2.45) is 10.2 Å². The smallest absolute Gasteiger partial charge is 0.168 e. The number of allylic oxidation sites excluding steroid dienone is 2. The molecule has 0 bridgehead atoms. The molecule has 0 fully saturated rings. The van der Waals surface area contributed by atoms with Crippen LogP contribution in [-0.4, -0.2) is 13.5 Å². The third-order valence-corrected chi connectivity index (χ3v) is 2.98. The van der Waals surface area contributed by atoms with Gasteiger partial charge in [-0.2, -0.15) is 5.11 Å². The molecular formula is C10H11ClN2O3S. The van der Waals surface area contributed by atoms with Crippen LogP contribution in [0, 0.1) is 0 Å². The number of aliphatic hydroxyl groups is 1. The van der Waals surface area contributed by atoms with Crippen molar-refractivity contribution in [3.8, 4) is 0 Å². The largest absolute Gasteiger partial charge is 0.511 e. The number of halogens is 1. The van der Waals surface area contributed by atoms with Crippen molar-refractivity contribution < 1.29 is 13.5 Å². The van der Waals surface area contributed by atoms with Gasteiger partial charge in [0, 0.05) is 0 Å². The molecule has 1 N–H and O–H groups in total. The van der Waals surface area contributed by atoms with Gasteiger partial charge in [-0.1, -0.05) is 11.6 Å². The Labute approximate surface area is 105 Å². The third-order valence-electron chi connectivity index (χ3n) is 1.97. The van der Waals surface area contributed by atoms with Crippen molar-refractivity contribution in [1.82, 2.24) is 0 Å². The highest BCUT2D eigenvalue weighted by Gasteiger charge is 2.02. The number of hydrogen-bond donors (Lipinski definition) is 2. The summed E-state index contributed by atoms with van der Waals surface area (Å²) < 4.78 is 21.4. The molecule has 1 aromatic rings. The molecule has 92 valence electrons. The van der Waals surface area contributed by atoms with Crippen LogP contribution in [0.4, 0.5) is 5.69 Å². The molecule has 0 radical (unpaired) electrons. The first-order valence-corrected chi connectivity index (χ1v) is 6.19. The topological polar surface area (TPSA) is 79.1 Å². The monoisotopic (exact) mass is 274 g/mol. The van der Waals surface area contributed by atoms with E-state index >= 15 is 0 Å². The molecule has 17 heavy (non-hydrogen) atoms. The first-order chi connectivity index (χ1) is 7.91. The molecule has 5 nitrogen and oxygen atoms in total. The van der Waals surface area contributed by atoms with Crippen LogP contribution in [0.3, 0.4) is 0 Å². The summed E-state index contributed by atoms with van der Waals surface area (Å²) in [6, 6.07) is 4.13. The van der Waals surface area contributed by atoms with Crippen LogP contribution in [-0.2, 0) is 10.7 Å². The fraction of sp³-hybridized carbons (Fsp3) is 0.200. The summed E-state index contributed by atoms with van der Waals surface area (Å²) in [5.74, 6) is 0.0594. The Bertz CT molecular complexity index is 553. The average molecular weight is 275 g/mol. The number of rotatable bonds is 3. The molecule has 0 amide bonds. The van der Waals surface area contributed by atoms with Gasteiger partial charge in [0.1, 0.15) is 11.4 Å². The molecule has 0 saturated carbocycles. The third kappa shape index (κ3) is 3.83. The standard InChI is InChI=1S/C10H11ClN2O3S/c1-6(7(2)14)12-13-10-4-3-8(17(15)16)5-9(10)11/h3-5,14,17H,1-2H3/b7-6-,13-12+. The minimum Gasteiger partial charge on any atom is -0.511 e. The van der Waals surface area contributed by atoms with Gasteiger partial charge in [-0.15, -0.1) is 5.11 Å². The second-order valence-electron chi connectivity index (χ2n) is 3.26. The highest BCUT2D eigenvalue weighted by molar-refractivity contribution is 7.72. The zero-order valence-corrected chi connectivity index (χ0v) is 10.9. The zero-order chi connectivity index (χ0) is 13.0. The first-order valence-electron chi connectivity index (χ1n) is 4.64. The lowest BCUT2D eigenvalue weighted by Crippen LogP contribution is -1.80. The molecule has 0 heterocycles. The van der Waals surface area contributed by atoms with Crippen molar-refractivity contribution in [2.75, 3.05) is 0 Å². The predicted molar refractivity (Wildman–Crippen MR) is 65.6 cm³/mol. The number of thiol groups is 1. The lowest BCUT2D eigenvalue weighted by molar-refractivity contribution is 0.405. The van der Waals surface area contributed by atoms with Gasteiger partial charge in [0.2, 0.25) is 0 Å². The number of aliphatic hydroxyl groups excluding tert-OH is 1. The summed E-state index contributed by atoms with van der Waals surface area (Å²) in [6.45, 7) is 3.08. The van der Waals surface area contributed by atoms with Crippen LogP contribution in [0.1, 0.15) is 13.8 Å². The molecular weight excluding hydrogens is 264 g/mol. The van der Waals surface area contributed by atoms with Crippen LogP contribution in [0.5, 0.6) is 0 Å². The highest BCUT2D eigenvalue weighted by Crippen LogP contribution is 2.27. The van der Waals surface area contributed by atoms with Crippen molar-refractivity contribution in [2.45, 2.75) is 18.7 Å². The molecule has 0 aliphatic rings.